The summed E-state index contributed by atoms with van der Waals surface area (Å²) in [6.45, 7) is 4.72. The number of methoxy groups -OCH3 is 1. The molecule has 27 heavy (non-hydrogen) atoms. The first-order valence-corrected chi connectivity index (χ1v) is 10.9. The van der Waals surface area contributed by atoms with E-state index in [1.165, 1.54) is 80.2 Å². The third-order valence-electron chi connectivity index (χ3n) is 7.36. The Labute approximate surface area is 162 Å². The Morgan fingerprint density at radius 1 is 1.22 bits per heavy atom. The van der Waals surface area contributed by atoms with Gasteiger partial charge in [0.1, 0.15) is 5.75 Å². The molecule has 2 aromatic rings. The first-order valence-electron chi connectivity index (χ1n) is 10.9. The van der Waals surface area contributed by atoms with Crippen LogP contribution in [0.25, 0.3) is 10.9 Å². The van der Waals surface area contributed by atoms with Gasteiger partial charge < -0.3 is 19.9 Å². The lowest BCUT2D eigenvalue weighted by Crippen LogP contribution is -2.49. The van der Waals surface area contributed by atoms with Crippen LogP contribution in [0, 0.1) is 5.92 Å². The summed E-state index contributed by atoms with van der Waals surface area (Å²) in [6.07, 6.45) is 11.0. The third-order valence-corrected chi connectivity index (χ3v) is 7.36. The molecule has 4 heteroatoms. The van der Waals surface area contributed by atoms with Crippen molar-refractivity contribution in [3.05, 3.63) is 29.5 Å². The molecule has 2 N–H and O–H groups in total. The van der Waals surface area contributed by atoms with Crippen LogP contribution >= 0.6 is 0 Å². The van der Waals surface area contributed by atoms with Crippen LogP contribution in [0.2, 0.25) is 0 Å². The Morgan fingerprint density at radius 2 is 2.11 bits per heavy atom. The number of nitrogens with one attached hydrogen (secondary N) is 2. The highest BCUT2D eigenvalue weighted by Crippen LogP contribution is 2.40. The van der Waals surface area contributed by atoms with E-state index < -0.39 is 0 Å². The lowest BCUT2D eigenvalue weighted by Gasteiger charge is -2.35. The molecule has 5 rings (SSSR count). The predicted octanol–water partition coefficient (Wildman–Crippen LogP) is 4.19. The molecule has 1 atom stereocenters. The average molecular weight is 368 g/mol. The highest BCUT2D eigenvalue weighted by molar-refractivity contribution is 5.86. The lowest BCUT2D eigenvalue weighted by molar-refractivity contribution is 0.238. The predicted molar refractivity (Wildman–Crippen MR) is 110 cm³/mol. The first kappa shape index (κ1) is 17.6. The fourth-order valence-corrected chi connectivity index (χ4v) is 5.81. The molecule has 3 aliphatic rings. The van der Waals surface area contributed by atoms with Crippen molar-refractivity contribution in [3.8, 4) is 5.75 Å². The fraction of sp³-hybridized carbons (Fsp3) is 0.652. The number of aromatic nitrogens is 1. The summed E-state index contributed by atoms with van der Waals surface area (Å²) in [5.74, 6) is 1.93. The summed E-state index contributed by atoms with van der Waals surface area (Å²) in [5, 5.41) is 5.26. The molecule has 1 saturated carbocycles. The third kappa shape index (κ3) is 3.17. The van der Waals surface area contributed by atoms with Crippen LogP contribution in [0.3, 0.4) is 0 Å². The van der Waals surface area contributed by atoms with E-state index in [1.54, 1.807) is 7.11 Å². The van der Waals surface area contributed by atoms with E-state index in [9.17, 15) is 0 Å². The van der Waals surface area contributed by atoms with Crippen molar-refractivity contribution < 1.29 is 4.74 Å². The number of H-pyrrole nitrogens is 1. The Bertz CT molecular complexity index is 807. The Hall–Kier alpha value is -1.52. The molecule has 1 unspecified atom stereocenters. The summed E-state index contributed by atoms with van der Waals surface area (Å²) in [5.41, 5.74) is 4.32. The van der Waals surface area contributed by atoms with Gasteiger partial charge in [0.15, 0.2) is 0 Å². The van der Waals surface area contributed by atoms with Crippen molar-refractivity contribution in [1.29, 1.82) is 0 Å². The molecular formula is C23H33N3O. The molecule has 1 aromatic carbocycles. The SMILES string of the molecule is COc1ccc2[nH]c3c(c2c1)CCNC31CCN(CCC2CCCCC2)C1. The first-order chi connectivity index (χ1) is 13.3. The molecular weight excluding hydrogens is 334 g/mol. The quantitative estimate of drug-likeness (QED) is 0.851. The summed E-state index contributed by atoms with van der Waals surface area (Å²) in [7, 11) is 1.75. The number of fused-ring (bicyclic) bond motifs is 4. The van der Waals surface area contributed by atoms with Crippen LogP contribution in [0.15, 0.2) is 18.2 Å². The maximum Gasteiger partial charge on any atom is 0.119 e. The zero-order valence-electron chi connectivity index (χ0n) is 16.7. The van der Waals surface area contributed by atoms with Gasteiger partial charge in [-0.25, -0.2) is 0 Å². The van der Waals surface area contributed by atoms with E-state index in [2.05, 4.69) is 33.4 Å². The normalized spacial score (nSPS) is 26.7. The van der Waals surface area contributed by atoms with Crippen LogP contribution < -0.4 is 10.1 Å². The van der Waals surface area contributed by atoms with E-state index in [0.29, 0.717) is 0 Å². The average Bonchev–Trinajstić information content (AvgIpc) is 3.30. The van der Waals surface area contributed by atoms with Crippen molar-refractivity contribution >= 4 is 10.9 Å². The van der Waals surface area contributed by atoms with Crippen molar-refractivity contribution in [3.63, 3.8) is 0 Å². The Kier molecular flexibility index (Phi) is 4.65. The van der Waals surface area contributed by atoms with Crippen LogP contribution in [-0.2, 0) is 12.0 Å². The maximum absolute atomic E-state index is 5.47. The van der Waals surface area contributed by atoms with Crippen molar-refractivity contribution in [1.82, 2.24) is 15.2 Å². The zero-order valence-corrected chi connectivity index (χ0v) is 16.7. The molecule has 2 fully saturated rings. The Morgan fingerprint density at radius 3 is 2.96 bits per heavy atom. The monoisotopic (exact) mass is 367 g/mol. The minimum Gasteiger partial charge on any atom is -0.497 e. The molecule has 146 valence electrons. The van der Waals surface area contributed by atoms with Crippen molar-refractivity contribution in [2.24, 2.45) is 5.92 Å². The van der Waals surface area contributed by atoms with E-state index in [-0.39, 0.29) is 5.54 Å². The smallest absolute Gasteiger partial charge is 0.119 e. The number of likely N-dealkylation sites (tertiary alicyclic amines) is 1. The van der Waals surface area contributed by atoms with Crippen molar-refractivity contribution in [2.75, 3.05) is 33.3 Å². The van der Waals surface area contributed by atoms with Gasteiger partial charge in [-0.2, -0.15) is 0 Å². The number of nitrogens with zero attached hydrogens (tertiary/aromatic N) is 1. The molecule has 3 heterocycles. The number of rotatable bonds is 4. The summed E-state index contributed by atoms with van der Waals surface area (Å²) in [4.78, 5) is 6.49. The van der Waals surface area contributed by atoms with Gasteiger partial charge in [0.25, 0.3) is 0 Å². The van der Waals surface area contributed by atoms with Gasteiger partial charge >= 0.3 is 0 Å². The van der Waals surface area contributed by atoms with Crippen LogP contribution in [-0.4, -0.2) is 43.2 Å². The fourth-order valence-electron chi connectivity index (χ4n) is 5.81. The van der Waals surface area contributed by atoms with Gasteiger partial charge in [-0.15, -0.1) is 0 Å². The molecule has 0 bridgehead atoms. The minimum atomic E-state index is 0.117. The van der Waals surface area contributed by atoms with Crippen LogP contribution in [0.4, 0.5) is 0 Å². The lowest BCUT2D eigenvalue weighted by atomic mass is 9.86. The largest absolute Gasteiger partial charge is 0.497 e. The number of benzene rings is 1. The van der Waals surface area contributed by atoms with E-state index in [1.807, 2.05) is 0 Å². The summed E-state index contributed by atoms with van der Waals surface area (Å²) < 4.78 is 5.47. The van der Waals surface area contributed by atoms with Crippen LogP contribution in [0.5, 0.6) is 5.75 Å². The highest BCUT2D eigenvalue weighted by Gasteiger charge is 2.44. The summed E-state index contributed by atoms with van der Waals surface area (Å²) >= 11 is 0. The number of hydrogen-bond acceptors (Lipinski definition) is 3. The van der Waals surface area contributed by atoms with E-state index in [4.69, 9.17) is 4.74 Å². The molecule has 0 radical (unpaired) electrons. The number of aromatic amines is 1. The molecule has 0 amide bonds. The standard InChI is InChI=1S/C23H33N3O/c1-27-18-7-8-21-20(15-18)19-9-12-24-23(22(19)25-21)11-14-26(16-23)13-10-17-5-3-2-4-6-17/h7-8,15,17,24-25H,2-6,9-14,16H2,1H3. The molecule has 1 spiro atoms. The van der Waals surface area contributed by atoms with Crippen molar-refractivity contribution in [2.45, 2.75) is 56.9 Å². The molecule has 2 aliphatic heterocycles. The van der Waals surface area contributed by atoms with Gasteiger partial charge in [0.2, 0.25) is 0 Å². The zero-order chi connectivity index (χ0) is 18.3. The topological polar surface area (TPSA) is 40.3 Å². The second kappa shape index (κ2) is 7.14. The molecule has 1 saturated heterocycles. The minimum absolute atomic E-state index is 0.117. The van der Waals surface area contributed by atoms with Crippen LogP contribution in [0.1, 0.15) is 56.2 Å². The maximum atomic E-state index is 5.47. The van der Waals surface area contributed by atoms with Gasteiger partial charge in [-0.3, -0.25) is 0 Å². The van der Waals surface area contributed by atoms with Gasteiger partial charge in [-0.05, 0) is 55.5 Å². The van der Waals surface area contributed by atoms with E-state index in [0.717, 1.165) is 31.2 Å². The highest BCUT2D eigenvalue weighted by atomic mass is 16.5. The molecule has 4 nitrogen and oxygen atoms in total. The second-order valence-electron chi connectivity index (χ2n) is 8.97. The molecule has 1 aromatic heterocycles. The Balaban J connectivity index is 1.35. The van der Waals surface area contributed by atoms with E-state index >= 15 is 0 Å². The summed E-state index contributed by atoms with van der Waals surface area (Å²) in [6, 6.07) is 6.45. The van der Waals surface area contributed by atoms with Gasteiger partial charge in [0, 0.05) is 36.2 Å². The van der Waals surface area contributed by atoms with Gasteiger partial charge in [-0.1, -0.05) is 32.1 Å². The second-order valence-corrected chi connectivity index (χ2v) is 8.97. The van der Waals surface area contributed by atoms with Gasteiger partial charge in [0.05, 0.1) is 12.6 Å². The number of ether oxygens (including phenoxy) is 1. The number of hydrogen-bond donors (Lipinski definition) is 2. The molecule has 1 aliphatic carbocycles.